The fraction of sp³-hybridized carbons (Fsp3) is 0.579. The van der Waals surface area contributed by atoms with Crippen molar-refractivity contribution in [2.75, 3.05) is 0 Å². The van der Waals surface area contributed by atoms with E-state index in [1.807, 2.05) is 19.1 Å². The molecule has 0 spiro atoms. The minimum Gasteiger partial charge on any atom is -0.384 e. The lowest BCUT2D eigenvalue weighted by molar-refractivity contribution is -0.120. The Hall–Kier alpha value is -1.48. The van der Waals surface area contributed by atoms with Crippen LogP contribution in [0.5, 0.6) is 0 Å². The lowest BCUT2D eigenvalue weighted by Crippen LogP contribution is -2.23. The molecule has 122 valence electrons. The third-order valence-corrected chi connectivity index (χ3v) is 3.81. The van der Waals surface area contributed by atoms with E-state index in [4.69, 9.17) is 0 Å². The molecule has 1 aromatic rings. The first-order valence-electron chi connectivity index (χ1n) is 8.41. The van der Waals surface area contributed by atoms with E-state index in [-0.39, 0.29) is 18.0 Å². The topological polar surface area (TPSA) is 54.4 Å². The molecule has 1 unspecified atom stereocenters. The van der Waals surface area contributed by atoms with Crippen LogP contribution in [-0.2, 0) is 11.2 Å². The van der Waals surface area contributed by atoms with Crippen molar-refractivity contribution in [3.8, 4) is 0 Å². The molecule has 0 aromatic heterocycles. The number of hydrogen-bond donors (Lipinski definition) is 1. The number of carbonyl (C=O) groups excluding carboxylic acids is 2. The minimum atomic E-state index is -1.21. The number of aliphatic hydroxyl groups is 1. The summed E-state index contributed by atoms with van der Waals surface area (Å²) in [5, 5.41) is 9.87. The number of unbranched alkanes of at least 4 members (excludes halogenated alkanes) is 3. The molecule has 1 aromatic carbocycles. The highest BCUT2D eigenvalue weighted by Crippen LogP contribution is 2.13. The van der Waals surface area contributed by atoms with Crippen molar-refractivity contribution in [3.05, 3.63) is 35.4 Å². The summed E-state index contributed by atoms with van der Waals surface area (Å²) in [7, 11) is 0. The van der Waals surface area contributed by atoms with Crippen LogP contribution in [0.15, 0.2) is 24.3 Å². The third-order valence-electron chi connectivity index (χ3n) is 3.81. The molecule has 0 bridgehead atoms. The van der Waals surface area contributed by atoms with Gasteiger partial charge in [-0.25, -0.2) is 0 Å². The van der Waals surface area contributed by atoms with Gasteiger partial charge in [-0.05, 0) is 24.8 Å². The zero-order valence-corrected chi connectivity index (χ0v) is 13.8. The highest BCUT2D eigenvalue weighted by molar-refractivity contribution is 6.01. The van der Waals surface area contributed by atoms with E-state index in [0.717, 1.165) is 19.3 Å². The number of aryl methyl sites for hydroxylation is 1. The fourth-order valence-corrected chi connectivity index (χ4v) is 2.47. The molecule has 0 fully saturated rings. The summed E-state index contributed by atoms with van der Waals surface area (Å²) in [4.78, 5) is 23.6. The third kappa shape index (κ3) is 6.52. The van der Waals surface area contributed by atoms with Gasteiger partial charge in [0.25, 0.3) is 0 Å². The van der Waals surface area contributed by atoms with Gasteiger partial charge in [0.15, 0.2) is 5.78 Å². The second kappa shape index (κ2) is 10.3. The van der Waals surface area contributed by atoms with Gasteiger partial charge in [0.1, 0.15) is 11.9 Å². The van der Waals surface area contributed by atoms with Gasteiger partial charge in [-0.15, -0.1) is 0 Å². The number of carbonyl (C=O) groups is 2. The summed E-state index contributed by atoms with van der Waals surface area (Å²) in [5.74, 6) is -0.419. The molecule has 3 heteroatoms. The van der Waals surface area contributed by atoms with Crippen LogP contribution in [0.25, 0.3) is 0 Å². The number of ketones is 2. The van der Waals surface area contributed by atoms with Crippen LogP contribution in [0.3, 0.4) is 0 Å². The number of benzene rings is 1. The maximum absolute atomic E-state index is 12.1. The Kier molecular flexibility index (Phi) is 8.68. The molecule has 0 heterocycles. The van der Waals surface area contributed by atoms with Crippen molar-refractivity contribution in [2.45, 2.75) is 71.3 Å². The van der Waals surface area contributed by atoms with Gasteiger partial charge < -0.3 is 5.11 Å². The van der Waals surface area contributed by atoms with Crippen molar-refractivity contribution in [1.82, 2.24) is 0 Å². The fourth-order valence-electron chi connectivity index (χ4n) is 2.47. The van der Waals surface area contributed by atoms with E-state index in [2.05, 4.69) is 6.92 Å². The second-order valence-electron chi connectivity index (χ2n) is 5.88. The number of rotatable bonds is 11. The zero-order chi connectivity index (χ0) is 16.4. The Balaban J connectivity index is 2.50. The molecule has 3 nitrogen and oxygen atoms in total. The zero-order valence-electron chi connectivity index (χ0n) is 13.8. The standard InChI is InChI=1S/C19H28O3/c1-3-5-6-7-9-15-10-12-16(13-11-15)19(22)18(21)14-17(20)8-4-2/h10-13,18,21H,3-9,14H2,1-2H3. The largest absolute Gasteiger partial charge is 0.384 e. The molecule has 1 N–H and O–H groups in total. The molecule has 0 radical (unpaired) electrons. The van der Waals surface area contributed by atoms with E-state index in [9.17, 15) is 14.7 Å². The van der Waals surface area contributed by atoms with E-state index in [1.54, 1.807) is 12.1 Å². The molecule has 0 amide bonds. The molecule has 0 aliphatic carbocycles. The van der Waals surface area contributed by atoms with E-state index in [0.29, 0.717) is 12.0 Å². The summed E-state index contributed by atoms with van der Waals surface area (Å²) in [5.41, 5.74) is 1.69. The van der Waals surface area contributed by atoms with Gasteiger partial charge >= 0.3 is 0 Å². The van der Waals surface area contributed by atoms with E-state index < -0.39 is 6.10 Å². The first kappa shape index (κ1) is 18.6. The lowest BCUT2D eigenvalue weighted by atomic mass is 9.98. The Bertz CT molecular complexity index is 462. The van der Waals surface area contributed by atoms with Crippen LogP contribution in [0.1, 0.15) is 74.7 Å². The molecule has 0 saturated heterocycles. The summed E-state index contributed by atoms with van der Waals surface area (Å²) in [6, 6.07) is 7.40. The van der Waals surface area contributed by atoms with Crippen LogP contribution < -0.4 is 0 Å². The van der Waals surface area contributed by atoms with Gasteiger partial charge in [-0.1, -0.05) is 57.4 Å². The van der Waals surface area contributed by atoms with Crippen molar-refractivity contribution in [3.63, 3.8) is 0 Å². The van der Waals surface area contributed by atoms with Crippen LogP contribution >= 0.6 is 0 Å². The minimum absolute atomic E-state index is 0.0594. The van der Waals surface area contributed by atoms with Gasteiger partial charge in [-0.2, -0.15) is 0 Å². The summed E-state index contributed by atoms with van der Waals surface area (Å²) >= 11 is 0. The number of aliphatic hydroxyl groups excluding tert-OH is 1. The molecule has 0 aliphatic rings. The molecule has 22 heavy (non-hydrogen) atoms. The average Bonchev–Trinajstić information content (AvgIpc) is 2.51. The Morgan fingerprint density at radius 3 is 2.27 bits per heavy atom. The SMILES string of the molecule is CCCCCCc1ccc(C(=O)C(O)CC(=O)CCC)cc1. The number of hydrogen-bond acceptors (Lipinski definition) is 3. The predicted molar refractivity (Wildman–Crippen MR) is 89.2 cm³/mol. The maximum Gasteiger partial charge on any atom is 0.191 e. The lowest BCUT2D eigenvalue weighted by Gasteiger charge is -2.09. The summed E-state index contributed by atoms with van der Waals surface area (Å²) < 4.78 is 0. The smallest absolute Gasteiger partial charge is 0.191 e. The number of Topliss-reactive ketones (excluding diaryl/α,β-unsaturated/α-hetero) is 2. The van der Waals surface area contributed by atoms with Crippen LogP contribution in [0.2, 0.25) is 0 Å². The van der Waals surface area contributed by atoms with Crippen LogP contribution in [-0.4, -0.2) is 22.8 Å². The Morgan fingerprint density at radius 2 is 1.68 bits per heavy atom. The van der Waals surface area contributed by atoms with Gasteiger partial charge in [-0.3, -0.25) is 9.59 Å². The monoisotopic (exact) mass is 304 g/mol. The molecule has 1 rings (SSSR count). The summed E-state index contributed by atoms with van der Waals surface area (Å²) in [6.07, 6.45) is 5.77. The molecule has 0 saturated carbocycles. The Labute approximate surface area is 133 Å². The highest BCUT2D eigenvalue weighted by Gasteiger charge is 2.19. The van der Waals surface area contributed by atoms with Gasteiger partial charge in [0.05, 0.1) is 0 Å². The first-order valence-corrected chi connectivity index (χ1v) is 8.41. The maximum atomic E-state index is 12.1. The van der Waals surface area contributed by atoms with Crippen molar-refractivity contribution < 1.29 is 14.7 Å². The van der Waals surface area contributed by atoms with Crippen molar-refractivity contribution in [2.24, 2.45) is 0 Å². The van der Waals surface area contributed by atoms with E-state index >= 15 is 0 Å². The first-order chi connectivity index (χ1) is 10.6. The van der Waals surface area contributed by atoms with Crippen molar-refractivity contribution in [1.29, 1.82) is 0 Å². The molecular formula is C19H28O3. The predicted octanol–water partition coefficient (Wildman–Crippen LogP) is 4.11. The van der Waals surface area contributed by atoms with Crippen LogP contribution in [0, 0.1) is 0 Å². The Morgan fingerprint density at radius 1 is 1.00 bits per heavy atom. The highest BCUT2D eigenvalue weighted by atomic mass is 16.3. The quantitative estimate of drug-likeness (QED) is 0.494. The van der Waals surface area contributed by atoms with Gasteiger partial charge in [0, 0.05) is 18.4 Å². The molecule has 0 aliphatic heterocycles. The second-order valence-corrected chi connectivity index (χ2v) is 5.88. The normalized spacial score (nSPS) is 12.1. The summed E-state index contributed by atoms with van der Waals surface area (Å²) in [6.45, 7) is 4.10. The molecule has 1 atom stereocenters. The molecular weight excluding hydrogens is 276 g/mol. The van der Waals surface area contributed by atoms with Crippen molar-refractivity contribution >= 4 is 11.6 Å². The van der Waals surface area contributed by atoms with Gasteiger partial charge in [0.2, 0.25) is 0 Å². The van der Waals surface area contributed by atoms with Crippen LogP contribution in [0.4, 0.5) is 0 Å². The average molecular weight is 304 g/mol. The van der Waals surface area contributed by atoms with E-state index in [1.165, 1.54) is 24.8 Å².